The van der Waals surface area contributed by atoms with Crippen LogP contribution in [-0.4, -0.2) is 38.9 Å². The minimum absolute atomic E-state index is 0.376. The predicted octanol–water partition coefficient (Wildman–Crippen LogP) is 1.25. The zero-order valence-electron chi connectivity index (χ0n) is 11.3. The van der Waals surface area contributed by atoms with Crippen molar-refractivity contribution in [1.82, 2.24) is 24.7 Å². The van der Waals surface area contributed by atoms with Crippen LogP contribution >= 0.6 is 11.8 Å². The summed E-state index contributed by atoms with van der Waals surface area (Å²) in [6.45, 7) is 2.29. The van der Waals surface area contributed by atoms with E-state index in [1.54, 1.807) is 7.11 Å². The molecule has 0 unspecified atom stereocenters. The van der Waals surface area contributed by atoms with Crippen molar-refractivity contribution in [3.63, 3.8) is 0 Å². The van der Waals surface area contributed by atoms with Crippen LogP contribution < -0.4 is 5.32 Å². The maximum absolute atomic E-state index is 5.07. The van der Waals surface area contributed by atoms with E-state index in [2.05, 4.69) is 25.5 Å². The Hall–Kier alpha value is -1.67. The maximum atomic E-state index is 5.07. The summed E-state index contributed by atoms with van der Waals surface area (Å²) < 4.78 is 6.98. The first kappa shape index (κ1) is 13.8. The Morgan fingerprint density at radius 1 is 1.37 bits per heavy atom. The van der Waals surface area contributed by atoms with Gasteiger partial charge < -0.3 is 14.6 Å². The van der Waals surface area contributed by atoms with Gasteiger partial charge in [-0.1, -0.05) is 0 Å². The Morgan fingerprint density at radius 3 is 2.74 bits per heavy atom. The Kier molecular flexibility index (Phi) is 4.33. The molecule has 0 aliphatic rings. The molecule has 19 heavy (non-hydrogen) atoms. The van der Waals surface area contributed by atoms with Crippen molar-refractivity contribution in [1.29, 1.82) is 0 Å². The molecule has 0 spiro atoms. The smallest absolute Gasteiger partial charge is 0.197 e. The minimum Gasteiger partial charge on any atom is -0.377 e. The molecular formula is C11H16N6OS. The van der Waals surface area contributed by atoms with Gasteiger partial charge >= 0.3 is 0 Å². The van der Waals surface area contributed by atoms with E-state index in [0.717, 1.165) is 21.8 Å². The van der Waals surface area contributed by atoms with Crippen molar-refractivity contribution >= 4 is 17.6 Å². The van der Waals surface area contributed by atoms with Crippen LogP contribution in [-0.2, 0) is 18.4 Å². The average molecular weight is 280 g/mol. The summed E-state index contributed by atoms with van der Waals surface area (Å²) in [6.07, 6.45) is 0. The van der Waals surface area contributed by atoms with Gasteiger partial charge in [-0.25, -0.2) is 9.97 Å². The van der Waals surface area contributed by atoms with Crippen LogP contribution in [0.1, 0.15) is 11.6 Å². The highest BCUT2D eigenvalue weighted by atomic mass is 32.2. The van der Waals surface area contributed by atoms with E-state index in [1.165, 1.54) is 11.8 Å². The lowest BCUT2D eigenvalue weighted by molar-refractivity contribution is 0.177. The van der Waals surface area contributed by atoms with Gasteiger partial charge in [0.15, 0.2) is 11.0 Å². The second-order valence-corrected chi connectivity index (χ2v) is 4.87. The van der Waals surface area contributed by atoms with Crippen molar-refractivity contribution < 1.29 is 4.74 Å². The van der Waals surface area contributed by atoms with Gasteiger partial charge in [0.1, 0.15) is 23.3 Å². The van der Waals surface area contributed by atoms with E-state index < -0.39 is 0 Å². The number of hydrogen-bond donors (Lipinski definition) is 1. The van der Waals surface area contributed by atoms with E-state index in [1.807, 2.05) is 31.7 Å². The lowest BCUT2D eigenvalue weighted by atomic mass is 10.5. The Bertz CT molecular complexity index is 570. The summed E-state index contributed by atoms with van der Waals surface area (Å²) in [6, 6.07) is 1.87. The molecule has 1 N–H and O–H groups in total. The minimum atomic E-state index is 0.376. The molecule has 0 aromatic carbocycles. The second-order valence-electron chi connectivity index (χ2n) is 3.88. The number of ether oxygens (including phenoxy) is 1. The summed E-state index contributed by atoms with van der Waals surface area (Å²) >= 11 is 1.45. The second kappa shape index (κ2) is 5.98. The van der Waals surface area contributed by atoms with Gasteiger partial charge in [-0.2, -0.15) is 0 Å². The van der Waals surface area contributed by atoms with E-state index in [0.29, 0.717) is 12.4 Å². The number of nitrogens with zero attached hydrogens (tertiary/aromatic N) is 5. The Balaban J connectivity index is 2.28. The third kappa shape index (κ3) is 3.21. The molecule has 7 nitrogen and oxygen atoms in total. The highest BCUT2D eigenvalue weighted by Crippen LogP contribution is 2.25. The first-order chi connectivity index (χ1) is 9.13. The highest BCUT2D eigenvalue weighted by molar-refractivity contribution is 7.99. The van der Waals surface area contributed by atoms with Gasteiger partial charge in [-0.05, 0) is 18.7 Å². The number of hydrogen-bond acceptors (Lipinski definition) is 7. The molecule has 8 heteroatoms. The molecule has 102 valence electrons. The van der Waals surface area contributed by atoms with Crippen molar-refractivity contribution in [3.8, 4) is 0 Å². The van der Waals surface area contributed by atoms with Gasteiger partial charge in [0.2, 0.25) is 0 Å². The zero-order chi connectivity index (χ0) is 13.8. The van der Waals surface area contributed by atoms with Crippen LogP contribution in [0.4, 0.5) is 5.82 Å². The molecule has 0 fully saturated rings. The monoisotopic (exact) mass is 280 g/mol. The molecule has 0 aliphatic carbocycles. The number of methoxy groups -OCH3 is 1. The fourth-order valence-corrected chi connectivity index (χ4v) is 2.28. The molecule has 0 saturated carbocycles. The van der Waals surface area contributed by atoms with Gasteiger partial charge in [0.25, 0.3) is 0 Å². The molecule has 0 saturated heterocycles. The summed E-state index contributed by atoms with van der Waals surface area (Å²) in [7, 11) is 5.36. The molecule has 2 heterocycles. The molecule has 0 atom stereocenters. The van der Waals surface area contributed by atoms with Crippen molar-refractivity contribution in [2.75, 3.05) is 19.5 Å². The summed E-state index contributed by atoms with van der Waals surface area (Å²) in [5.41, 5.74) is 0. The average Bonchev–Trinajstić information content (AvgIpc) is 2.71. The first-order valence-electron chi connectivity index (χ1n) is 5.72. The Morgan fingerprint density at radius 2 is 2.16 bits per heavy atom. The fraction of sp³-hybridized carbons (Fsp3) is 0.455. The number of anilines is 1. The molecule has 2 aromatic rings. The molecule has 2 aromatic heterocycles. The van der Waals surface area contributed by atoms with Gasteiger partial charge in [-0.3, -0.25) is 0 Å². The molecule has 0 amide bonds. The lowest BCUT2D eigenvalue weighted by Crippen LogP contribution is -2.03. The molecule has 0 bridgehead atoms. The van der Waals surface area contributed by atoms with Crippen LogP contribution in [0, 0.1) is 6.92 Å². The van der Waals surface area contributed by atoms with Crippen LogP contribution in [0.5, 0.6) is 0 Å². The van der Waals surface area contributed by atoms with E-state index in [9.17, 15) is 0 Å². The number of rotatable bonds is 5. The summed E-state index contributed by atoms with van der Waals surface area (Å²) in [5.74, 6) is 2.25. The molecule has 0 radical (unpaired) electrons. The standard InChI is InChI=1S/C11H16N6OS/c1-7-15-16-11(17(7)3)19-10-5-8(12-2)13-9(14-10)6-18-4/h5H,6H2,1-4H3,(H,12,13,14). The first-order valence-corrected chi connectivity index (χ1v) is 6.54. The highest BCUT2D eigenvalue weighted by Gasteiger charge is 2.10. The van der Waals surface area contributed by atoms with Crippen molar-refractivity contribution in [3.05, 3.63) is 17.7 Å². The Labute approximate surface area is 115 Å². The normalized spacial score (nSPS) is 10.7. The lowest BCUT2D eigenvalue weighted by Gasteiger charge is -2.06. The summed E-state index contributed by atoms with van der Waals surface area (Å²) in [5, 5.41) is 12.7. The predicted molar refractivity (Wildman–Crippen MR) is 72.2 cm³/mol. The maximum Gasteiger partial charge on any atom is 0.197 e. The molecular weight excluding hydrogens is 264 g/mol. The fourth-order valence-electron chi connectivity index (χ4n) is 1.42. The summed E-state index contributed by atoms with van der Waals surface area (Å²) in [4.78, 5) is 8.73. The molecule has 2 rings (SSSR count). The largest absolute Gasteiger partial charge is 0.377 e. The van der Waals surface area contributed by atoms with E-state index in [-0.39, 0.29) is 0 Å². The third-order valence-electron chi connectivity index (χ3n) is 2.53. The van der Waals surface area contributed by atoms with Crippen LogP contribution in [0.15, 0.2) is 16.2 Å². The van der Waals surface area contributed by atoms with E-state index >= 15 is 0 Å². The quantitative estimate of drug-likeness (QED) is 0.826. The SMILES string of the molecule is CNc1cc(Sc2nnc(C)n2C)nc(COC)n1. The van der Waals surface area contributed by atoms with Gasteiger partial charge in [0.05, 0.1) is 0 Å². The van der Waals surface area contributed by atoms with Crippen LogP contribution in [0.25, 0.3) is 0 Å². The zero-order valence-corrected chi connectivity index (χ0v) is 12.2. The van der Waals surface area contributed by atoms with Crippen LogP contribution in [0.2, 0.25) is 0 Å². The number of aryl methyl sites for hydroxylation is 1. The number of aromatic nitrogens is 5. The topological polar surface area (TPSA) is 77.8 Å². The molecule has 0 aliphatic heterocycles. The van der Waals surface area contributed by atoms with Crippen molar-refractivity contribution in [2.45, 2.75) is 23.7 Å². The van der Waals surface area contributed by atoms with Gasteiger partial charge in [-0.15, -0.1) is 10.2 Å². The van der Waals surface area contributed by atoms with Gasteiger partial charge in [0, 0.05) is 27.3 Å². The van der Waals surface area contributed by atoms with E-state index in [4.69, 9.17) is 4.74 Å². The van der Waals surface area contributed by atoms with Crippen molar-refractivity contribution in [2.24, 2.45) is 7.05 Å². The van der Waals surface area contributed by atoms with Crippen LogP contribution in [0.3, 0.4) is 0 Å². The number of nitrogens with one attached hydrogen (secondary N) is 1. The third-order valence-corrected chi connectivity index (χ3v) is 3.48.